The Labute approximate surface area is 138 Å². The van der Waals surface area contributed by atoms with Gasteiger partial charge < -0.3 is 15.3 Å². The SMILES string of the molecule is CC1CC(C(=O)O)CN(C(=O)N[C@@H](C)c2ccc(Br)cc2)C1. The number of nitrogens with zero attached hydrogens (tertiary/aromatic N) is 1. The Bertz CT molecular complexity index is 547. The van der Waals surface area contributed by atoms with E-state index in [1.807, 2.05) is 38.1 Å². The van der Waals surface area contributed by atoms with Crippen LogP contribution in [0.25, 0.3) is 0 Å². The third-order valence-electron chi connectivity index (χ3n) is 4.01. The molecule has 3 atom stereocenters. The lowest BCUT2D eigenvalue weighted by molar-refractivity contribution is -0.143. The summed E-state index contributed by atoms with van der Waals surface area (Å²) in [6.07, 6.45) is 0.626. The molecule has 2 amide bonds. The number of amides is 2. The lowest BCUT2D eigenvalue weighted by Crippen LogP contribution is -2.49. The number of likely N-dealkylation sites (tertiary alicyclic amines) is 1. The van der Waals surface area contributed by atoms with Crippen molar-refractivity contribution in [1.29, 1.82) is 0 Å². The number of halogens is 1. The van der Waals surface area contributed by atoms with Gasteiger partial charge in [-0.05, 0) is 37.0 Å². The number of carbonyl (C=O) groups is 2. The minimum atomic E-state index is -0.828. The predicted molar refractivity (Wildman–Crippen MR) is 87.6 cm³/mol. The molecule has 1 fully saturated rings. The monoisotopic (exact) mass is 368 g/mol. The van der Waals surface area contributed by atoms with Gasteiger partial charge in [0.05, 0.1) is 12.0 Å². The van der Waals surface area contributed by atoms with Crippen molar-refractivity contribution in [3.63, 3.8) is 0 Å². The summed E-state index contributed by atoms with van der Waals surface area (Å²) in [5.74, 6) is -1.11. The average molecular weight is 369 g/mol. The van der Waals surface area contributed by atoms with Crippen molar-refractivity contribution in [3.8, 4) is 0 Å². The number of aliphatic carboxylic acids is 1. The van der Waals surface area contributed by atoms with Crippen LogP contribution < -0.4 is 5.32 Å². The molecule has 6 heteroatoms. The summed E-state index contributed by atoms with van der Waals surface area (Å²) >= 11 is 3.38. The van der Waals surface area contributed by atoms with E-state index in [4.69, 9.17) is 0 Å². The number of nitrogens with one attached hydrogen (secondary N) is 1. The summed E-state index contributed by atoms with van der Waals surface area (Å²) in [6, 6.07) is 7.44. The predicted octanol–water partition coefficient (Wildman–Crippen LogP) is 3.26. The summed E-state index contributed by atoms with van der Waals surface area (Å²) < 4.78 is 0.990. The first-order valence-electron chi connectivity index (χ1n) is 7.40. The van der Waals surface area contributed by atoms with Gasteiger partial charge in [-0.25, -0.2) is 4.79 Å². The van der Waals surface area contributed by atoms with Crippen LogP contribution in [0, 0.1) is 11.8 Å². The van der Waals surface area contributed by atoms with Crippen molar-refractivity contribution in [1.82, 2.24) is 10.2 Å². The smallest absolute Gasteiger partial charge is 0.317 e. The van der Waals surface area contributed by atoms with Gasteiger partial charge in [0.1, 0.15) is 0 Å². The van der Waals surface area contributed by atoms with Crippen LogP contribution in [0.5, 0.6) is 0 Å². The zero-order valence-electron chi connectivity index (χ0n) is 12.8. The first-order valence-corrected chi connectivity index (χ1v) is 8.19. The van der Waals surface area contributed by atoms with Crippen molar-refractivity contribution in [2.24, 2.45) is 11.8 Å². The molecule has 1 aliphatic rings. The maximum Gasteiger partial charge on any atom is 0.317 e. The number of carboxylic acids is 1. The van der Waals surface area contributed by atoms with Crippen LogP contribution in [-0.4, -0.2) is 35.1 Å². The highest BCUT2D eigenvalue weighted by molar-refractivity contribution is 9.10. The molecule has 1 heterocycles. The van der Waals surface area contributed by atoms with E-state index in [0.717, 1.165) is 10.0 Å². The number of hydrogen-bond donors (Lipinski definition) is 2. The van der Waals surface area contributed by atoms with Gasteiger partial charge in [-0.1, -0.05) is 35.0 Å². The molecule has 0 aliphatic carbocycles. The first-order chi connectivity index (χ1) is 10.4. The van der Waals surface area contributed by atoms with Crippen LogP contribution in [0.4, 0.5) is 4.79 Å². The quantitative estimate of drug-likeness (QED) is 0.859. The Morgan fingerprint density at radius 1 is 1.32 bits per heavy atom. The minimum Gasteiger partial charge on any atom is -0.481 e. The second kappa shape index (κ2) is 7.13. The Kier molecular flexibility index (Phi) is 5.45. The summed E-state index contributed by atoms with van der Waals surface area (Å²) in [5, 5.41) is 12.1. The van der Waals surface area contributed by atoms with Crippen LogP contribution in [0.3, 0.4) is 0 Å². The first kappa shape index (κ1) is 16.8. The van der Waals surface area contributed by atoms with E-state index in [1.165, 1.54) is 0 Å². The Balaban J connectivity index is 1.98. The Morgan fingerprint density at radius 3 is 2.55 bits per heavy atom. The van der Waals surface area contributed by atoms with Gasteiger partial charge in [0, 0.05) is 17.6 Å². The fraction of sp³-hybridized carbons (Fsp3) is 0.500. The molecule has 0 spiro atoms. The Morgan fingerprint density at radius 2 is 1.95 bits per heavy atom. The highest BCUT2D eigenvalue weighted by atomic mass is 79.9. The number of rotatable bonds is 3. The number of carboxylic acid groups (broad SMARTS) is 1. The zero-order chi connectivity index (χ0) is 16.3. The second-order valence-corrected chi connectivity index (χ2v) is 6.92. The fourth-order valence-corrected chi connectivity index (χ4v) is 3.07. The number of urea groups is 1. The molecule has 2 unspecified atom stereocenters. The summed E-state index contributed by atoms with van der Waals surface area (Å²) in [7, 11) is 0. The van der Waals surface area contributed by atoms with Crippen molar-refractivity contribution in [2.75, 3.05) is 13.1 Å². The number of hydrogen-bond acceptors (Lipinski definition) is 2. The molecular weight excluding hydrogens is 348 g/mol. The fourth-order valence-electron chi connectivity index (χ4n) is 2.81. The van der Waals surface area contributed by atoms with E-state index in [-0.39, 0.29) is 24.5 Å². The number of benzene rings is 1. The van der Waals surface area contributed by atoms with Gasteiger partial charge in [0.25, 0.3) is 0 Å². The van der Waals surface area contributed by atoms with E-state index in [0.29, 0.717) is 13.0 Å². The van der Waals surface area contributed by atoms with Gasteiger partial charge in [-0.2, -0.15) is 0 Å². The van der Waals surface area contributed by atoms with Gasteiger partial charge in [0.2, 0.25) is 0 Å². The van der Waals surface area contributed by atoms with Crippen molar-refractivity contribution >= 4 is 27.9 Å². The molecule has 1 saturated heterocycles. The van der Waals surface area contributed by atoms with Gasteiger partial charge >= 0.3 is 12.0 Å². The molecule has 5 nitrogen and oxygen atoms in total. The number of piperidine rings is 1. The van der Waals surface area contributed by atoms with E-state index in [9.17, 15) is 14.7 Å². The summed E-state index contributed by atoms with van der Waals surface area (Å²) in [6.45, 7) is 4.78. The Hall–Kier alpha value is -1.56. The van der Waals surface area contributed by atoms with E-state index >= 15 is 0 Å². The minimum absolute atomic E-state index is 0.124. The molecule has 0 aromatic heterocycles. The molecule has 2 rings (SSSR count). The highest BCUT2D eigenvalue weighted by Gasteiger charge is 2.32. The lowest BCUT2D eigenvalue weighted by atomic mass is 9.91. The molecule has 22 heavy (non-hydrogen) atoms. The maximum absolute atomic E-state index is 12.4. The summed E-state index contributed by atoms with van der Waals surface area (Å²) in [4.78, 5) is 25.2. The summed E-state index contributed by atoms with van der Waals surface area (Å²) in [5.41, 5.74) is 1.01. The van der Waals surface area contributed by atoms with Crippen molar-refractivity contribution < 1.29 is 14.7 Å². The lowest BCUT2D eigenvalue weighted by Gasteiger charge is -2.35. The standard InChI is InChI=1S/C16H21BrN2O3/c1-10-7-13(15(20)21)9-19(8-10)16(22)18-11(2)12-3-5-14(17)6-4-12/h3-6,10-11,13H,7-9H2,1-2H3,(H,18,22)(H,20,21)/t10?,11-,13?/m0/s1. The molecular formula is C16H21BrN2O3. The topological polar surface area (TPSA) is 69.6 Å². The molecule has 0 saturated carbocycles. The van der Waals surface area contributed by atoms with Crippen molar-refractivity contribution in [2.45, 2.75) is 26.3 Å². The van der Waals surface area contributed by atoms with Gasteiger partial charge in [-0.3, -0.25) is 4.79 Å². The maximum atomic E-state index is 12.4. The van der Waals surface area contributed by atoms with Crippen LogP contribution in [0.1, 0.15) is 31.9 Å². The molecule has 120 valence electrons. The third-order valence-corrected chi connectivity index (χ3v) is 4.53. The molecule has 0 bridgehead atoms. The van der Waals surface area contributed by atoms with Gasteiger partial charge in [-0.15, -0.1) is 0 Å². The van der Waals surface area contributed by atoms with Crippen molar-refractivity contribution in [3.05, 3.63) is 34.3 Å². The largest absolute Gasteiger partial charge is 0.481 e. The molecule has 2 N–H and O–H groups in total. The van der Waals surface area contributed by atoms with E-state index < -0.39 is 11.9 Å². The average Bonchev–Trinajstić information content (AvgIpc) is 2.47. The van der Waals surface area contributed by atoms with Crippen LogP contribution in [0.2, 0.25) is 0 Å². The van der Waals surface area contributed by atoms with Crippen LogP contribution in [-0.2, 0) is 4.79 Å². The highest BCUT2D eigenvalue weighted by Crippen LogP contribution is 2.23. The zero-order valence-corrected chi connectivity index (χ0v) is 14.3. The molecule has 1 aromatic rings. The van der Waals surface area contributed by atoms with Crippen LogP contribution >= 0.6 is 15.9 Å². The third kappa shape index (κ3) is 4.22. The number of carbonyl (C=O) groups excluding carboxylic acids is 1. The second-order valence-electron chi connectivity index (χ2n) is 6.00. The molecule has 1 aromatic carbocycles. The molecule has 0 radical (unpaired) electrons. The van der Waals surface area contributed by atoms with Gasteiger partial charge in [0.15, 0.2) is 0 Å². The normalized spacial score (nSPS) is 23.0. The van der Waals surface area contributed by atoms with E-state index in [1.54, 1.807) is 4.90 Å². The van der Waals surface area contributed by atoms with E-state index in [2.05, 4.69) is 21.2 Å². The molecule has 1 aliphatic heterocycles. The van der Waals surface area contributed by atoms with Crippen LogP contribution in [0.15, 0.2) is 28.7 Å².